The molecule has 1 atom stereocenters. The first-order valence-corrected chi connectivity index (χ1v) is 5.28. The van der Waals surface area contributed by atoms with E-state index in [1.807, 2.05) is 6.92 Å². The van der Waals surface area contributed by atoms with E-state index in [1.54, 1.807) is 0 Å². The van der Waals surface area contributed by atoms with E-state index < -0.39 is 12.0 Å². The Balaban J connectivity index is 3.41. The molecule has 4 N–H and O–H groups in total. The van der Waals surface area contributed by atoms with Crippen molar-refractivity contribution in [1.29, 1.82) is 0 Å². The number of benzene rings is 1. The van der Waals surface area contributed by atoms with Gasteiger partial charge in [0, 0.05) is 11.6 Å². The molecule has 0 aromatic heterocycles. The molecule has 0 heterocycles. The first-order chi connectivity index (χ1) is 6.99. The maximum absolute atomic E-state index is 10.9. The molecule has 0 bridgehead atoms. The topological polar surface area (TPSA) is 83.6 Å². The molecule has 1 rings (SSSR count). The third kappa shape index (κ3) is 2.30. The van der Waals surface area contributed by atoms with Gasteiger partial charge in [-0.15, -0.1) is 0 Å². The normalized spacial score (nSPS) is 12.5. The number of halogens is 1. The van der Waals surface area contributed by atoms with Crippen LogP contribution in [0.1, 0.15) is 35.3 Å². The van der Waals surface area contributed by atoms with Crippen LogP contribution in [0.25, 0.3) is 0 Å². The number of phenols is 1. The third-order valence-electron chi connectivity index (χ3n) is 2.21. The summed E-state index contributed by atoms with van der Waals surface area (Å²) < 4.78 is 0.450. The number of phenolic OH excluding ortho intramolecular Hbond substituents is 1. The minimum Gasteiger partial charge on any atom is -0.506 e. The van der Waals surface area contributed by atoms with E-state index in [2.05, 4.69) is 15.9 Å². The van der Waals surface area contributed by atoms with Crippen molar-refractivity contribution in [3.8, 4) is 5.75 Å². The van der Waals surface area contributed by atoms with E-state index >= 15 is 0 Å². The van der Waals surface area contributed by atoms with Crippen LogP contribution < -0.4 is 5.73 Å². The molecule has 0 aliphatic carbocycles. The number of rotatable bonds is 3. The number of nitrogens with two attached hydrogens (primary N) is 1. The number of hydrogen-bond donors (Lipinski definition) is 3. The molecule has 82 valence electrons. The Bertz CT molecular complexity index is 392. The van der Waals surface area contributed by atoms with Crippen LogP contribution in [-0.4, -0.2) is 16.2 Å². The van der Waals surface area contributed by atoms with Gasteiger partial charge in [0.2, 0.25) is 0 Å². The molecular weight excluding hydrogens is 262 g/mol. The van der Waals surface area contributed by atoms with Crippen molar-refractivity contribution < 1.29 is 15.0 Å². The molecule has 0 spiro atoms. The second-order valence-corrected chi connectivity index (χ2v) is 4.03. The summed E-state index contributed by atoms with van der Waals surface area (Å²) in [5.41, 5.74) is 6.08. The molecule has 1 aromatic carbocycles. The highest BCUT2D eigenvalue weighted by molar-refractivity contribution is 9.10. The lowest BCUT2D eigenvalue weighted by Crippen LogP contribution is -2.14. The highest BCUT2D eigenvalue weighted by Crippen LogP contribution is 2.34. The largest absolute Gasteiger partial charge is 0.506 e. The Morgan fingerprint density at radius 3 is 2.67 bits per heavy atom. The highest BCUT2D eigenvalue weighted by Gasteiger charge is 2.20. The van der Waals surface area contributed by atoms with Gasteiger partial charge < -0.3 is 15.9 Å². The first kappa shape index (κ1) is 12.0. The molecule has 0 radical (unpaired) electrons. The van der Waals surface area contributed by atoms with Crippen molar-refractivity contribution in [2.45, 2.75) is 19.4 Å². The van der Waals surface area contributed by atoms with Crippen LogP contribution in [0.3, 0.4) is 0 Å². The predicted octanol–water partition coefficient (Wildman–Crippen LogP) is 2.26. The maximum atomic E-state index is 10.9. The lowest BCUT2D eigenvalue weighted by molar-refractivity contribution is 0.0694. The van der Waals surface area contributed by atoms with Crippen molar-refractivity contribution in [1.82, 2.24) is 0 Å². The summed E-state index contributed by atoms with van der Waals surface area (Å²) in [7, 11) is 0. The lowest BCUT2D eigenvalue weighted by atomic mass is 9.98. The van der Waals surface area contributed by atoms with Crippen molar-refractivity contribution in [3.63, 3.8) is 0 Å². The number of hydrogen-bond acceptors (Lipinski definition) is 3. The van der Waals surface area contributed by atoms with Gasteiger partial charge in [-0.05, 0) is 34.5 Å². The van der Waals surface area contributed by atoms with E-state index in [9.17, 15) is 9.90 Å². The van der Waals surface area contributed by atoms with Gasteiger partial charge >= 0.3 is 5.97 Å². The van der Waals surface area contributed by atoms with Crippen molar-refractivity contribution in [2.75, 3.05) is 0 Å². The summed E-state index contributed by atoms with van der Waals surface area (Å²) in [6.07, 6.45) is 0.560. The number of carbonyl (C=O) groups is 1. The van der Waals surface area contributed by atoms with E-state index in [4.69, 9.17) is 10.8 Å². The number of carboxylic acids is 1. The first-order valence-electron chi connectivity index (χ1n) is 4.49. The molecule has 0 unspecified atom stereocenters. The second-order valence-electron chi connectivity index (χ2n) is 3.18. The lowest BCUT2D eigenvalue weighted by Gasteiger charge is -2.15. The summed E-state index contributed by atoms with van der Waals surface area (Å²) in [4.78, 5) is 10.9. The van der Waals surface area contributed by atoms with Gasteiger partial charge in [0.05, 0.1) is 10.0 Å². The Labute approximate surface area is 95.8 Å². The Kier molecular flexibility index (Phi) is 3.71. The SMILES string of the molecule is CC[C@@H](N)c1c(C(=O)O)ccc(Br)c1O. The highest BCUT2D eigenvalue weighted by atomic mass is 79.9. The van der Waals surface area contributed by atoms with Crippen molar-refractivity contribution >= 4 is 21.9 Å². The summed E-state index contributed by atoms with van der Waals surface area (Å²) in [6.45, 7) is 1.83. The van der Waals surface area contributed by atoms with Crippen molar-refractivity contribution in [2.24, 2.45) is 5.73 Å². The fourth-order valence-electron chi connectivity index (χ4n) is 1.35. The number of carboxylic acid groups (broad SMARTS) is 1. The maximum Gasteiger partial charge on any atom is 0.336 e. The predicted molar refractivity (Wildman–Crippen MR) is 60.0 cm³/mol. The fourth-order valence-corrected chi connectivity index (χ4v) is 1.69. The van der Waals surface area contributed by atoms with Crippen LogP contribution >= 0.6 is 15.9 Å². The van der Waals surface area contributed by atoms with E-state index in [1.165, 1.54) is 12.1 Å². The molecule has 4 nitrogen and oxygen atoms in total. The van der Waals surface area contributed by atoms with E-state index in [0.29, 0.717) is 10.9 Å². The van der Waals surface area contributed by atoms with Gasteiger partial charge in [-0.3, -0.25) is 0 Å². The molecule has 15 heavy (non-hydrogen) atoms. The zero-order valence-corrected chi connectivity index (χ0v) is 9.78. The summed E-state index contributed by atoms with van der Waals surface area (Å²) in [5, 5.41) is 18.7. The van der Waals surface area contributed by atoms with Crippen LogP contribution in [0, 0.1) is 0 Å². The molecule has 5 heteroatoms. The standard InChI is InChI=1S/C10H12BrNO3/c1-2-7(12)8-5(10(14)15)3-4-6(11)9(8)13/h3-4,7,13H,2,12H2,1H3,(H,14,15)/t7-/m1/s1. The quantitative estimate of drug-likeness (QED) is 0.789. The average molecular weight is 274 g/mol. The Hall–Kier alpha value is -1.07. The third-order valence-corrected chi connectivity index (χ3v) is 2.85. The van der Waals surface area contributed by atoms with E-state index in [0.717, 1.165) is 0 Å². The molecule has 1 aromatic rings. The monoisotopic (exact) mass is 273 g/mol. The number of aromatic hydroxyl groups is 1. The Morgan fingerprint density at radius 2 is 2.20 bits per heavy atom. The molecule has 0 saturated carbocycles. The van der Waals surface area contributed by atoms with Crippen LogP contribution in [0.15, 0.2) is 16.6 Å². The number of aromatic carboxylic acids is 1. The molecule has 0 aliphatic heterocycles. The van der Waals surface area contributed by atoms with Gasteiger partial charge in [-0.25, -0.2) is 4.79 Å². The van der Waals surface area contributed by atoms with Crippen LogP contribution in [0.4, 0.5) is 0 Å². The molecule has 0 amide bonds. The van der Waals surface area contributed by atoms with Crippen LogP contribution in [-0.2, 0) is 0 Å². The molecular formula is C10H12BrNO3. The fraction of sp³-hybridized carbons (Fsp3) is 0.300. The zero-order valence-electron chi connectivity index (χ0n) is 8.20. The van der Waals surface area contributed by atoms with Crippen LogP contribution in [0.2, 0.25) is 0 Å². The van der Waals surface area contributed by atoms with Gasteiger partial charge in [-0.1, -0.05) is 6.92 Å². The Morgan fingerprint density at radius 1 is 1.60 bits per heavy atom. The minimum absolute atomic E-state index is 0.0463. The minimum atomic E-state index is -1.09. The van der Waals surface area contributed by atoms with E-state index in [-0.39, 0.29) is 16.9 Å². The van der Waals surface area contributed by atoms with Gasteiger partial charge in [0.25, 0.3) is 0 Å². The molecule has 0 saturated heterocycles. The average Bonchev–Trinajstić information content (AvgIpc) is 2.20. The second kappa shape index (κ2) is 4.63. The summed E-state index contributed by atoms with van der Waals surface area (Å²) >= 11 is 3.13. The van der Waals surface area contributed by atoms with Gasteiger partial charge in [0.15, 0.2) is 0 Å². The zero-order chi connectivity index (χ0) is 11.6. The van der Waals surface area contributed by atoms with Crippen LogP contribution in [0.5, 0.6) is 5.75 Å². The van der Waals surface area contributed by atoms with Crippen molar-refractivity contribution in [3.05, 3.63) is 27.7 Å². The summed E-state index contributed by atoms with van der Waals surface area (Å²) in [6, 6.07) is 2.44. The van der Waals surface area contributed by atoms with Gasteiger partial charge in [-0.2, -0.15) is 0 Å². The smallest absolute Gasteiger partial charge is 0.336 e. The molecule has 0 fully saturated rings. The van der Waals surface area contributed by atoms with Gasteiger partial charge in [0.1, 0.15) is 5.75 Å². The molecule has 0 aliphatic rings. The summed E-state index contributed by atoms with van der Waals surface area (Å²) in [5.74, 6) is -1.18.